The molecule has 1 aliphatic heterocycles. The van der Waals surface area contributed by atoms with Gasteiger partial charge in [0.15, 0.2) is 5.96 Å². The Kier molecular flexibility index (Phi) is 11.0. The van der Waals surface area contributed by atoms with Crippen molar-refractivity contribution in [3.63, 3.8) is 0 Å². The third-order valence-corrected chi connectivity index (χ3v) is 4.85. The largest absolute Gasteiger partial charge is 0.497 e. The molecule has 5 nitrogen and oxygen atoms in total. The molecule has 1 saturated heterocycles. The van der Waals surface area contributed by atoms with Gasteiger partial charge in [0.1, 0.15) is 5.75 Å². The molecule has 1 aliphatic rings. The van der Waals surface area contributed by atoms with Crippen molar-refractivity contribution in [2.24, 2.45) is 10.9 Å². The van der Waals surface area contributed by atoms with Crippen LogP contribution in [0.2, 0.25) is 0 Å². The summed E-state index contributed by atoms with van der Waals surface area (Å²) in [6.45, 7) is 9.81. The zero-order valence-corrected chi connectivity index (χ0v) is 19.0. The smallest absolute Gasteiger partial charge is 0.191 e. The molecule has 0 bridgehead atoms. The van der Waals surface area contributed by atoms with Crippen LogP contribution in [0.4, 0.5) is 0 Å². The van der Waals surface area contributed by atoms with Crippen LogP contribution in [-0.2, 0) is 6.54 Å². The first kappa shape index (κ1) is 23.0. The van der Waals surface area contributed by atoms with Crippen molar-refractivity contribution in [3.05, 3.63) is 29.3 Å². The van der Waals surface area contributed by atoms with Crippen LogP contribution in [0.3, 0.4) is 0 Å². The number of halogens is 1. The van der Waals surface area contributed by atoms with E-state index in [-0.39, 0.29) is 24.0 Å². The average Bonchev–Trinajstić information content (AvgIpc) is 2.62. The molecule has 0 atom stereocenters. The van der Waals surface area contributed by atoms with Gasteiger partial charge in [-0.1, -0.05) is 13.0 Å². The molecule has 1 fully saturated rings. The monoisotopic (exact) mass is 474 g/mol. The van der Waals surface area contributed by atoms with E-state index >= 15 is 0 Å². The van der Waals surface area contributed by atoms with E-state index in [0.717, 1.165) is 37.1 Å². The van der Waals surface area contributed by atoms with Gasteiger partial charge in [-0.15, -0.1) is 24.0 Å². The summed E-state index contributed by atoms with van der Waals surface area (Å²) in [6, 6.07) is 6.27. The second kappa shape index (κ2) is 12.4. The van der Waals surface area contributed by atoms with Crippen LogP contribution in [0.5, 0.6) is 5.75 Å². The van der Waals surface area contributed by atoms with Gasteiger partial charge in [-0.05, 0) is 75.0 Å². The molecule has 6 heteroatoms. The Labute approximate surface area is 176 Å². The van der Waals surface area contributed by atoms with Crippen molar-refractivity contribution in [2.75, 3.05) is 40.3 Å². The number of aryl methyl sites for hydroxylation is 1. The Morgan fingerprint density at radius 1 is 1.23 bits per heavy atom. The highest BCUT2D eigenvalue weighted by atomic mass is 127. The normalized spacial score (nSPS) is 16.1. The van der Waals surface area contributed by atoms with Crippen LogP contribution < -0.4 is 15.4 Å². The van der Waals surface area contributed by atoms with Crippen LogP contribution in [0.1, 0.15) is 37.3 Å². The first-order valence-corrected chi connectivity index (χ1v) is 9.42. The van der Waals surface area contributed by atoms with E-state index in [0.29, 0.717) is 0 Å². The second-order valence-electron chi connectivity index (χ2n) is 7.09. The number of piperidine rings is 1. The van der Waals surface area contributed by atoms with Gasteiger partial charge in [0.25, 0.3) is 0 Å². The minimum absolute atomic E-state index is 0. The van der Waals surface area contributed by atoms with Gasteiger partial charge in [0.05, 0.1) is 7.11 Å². The summed E-state index contributed by atoms with van der Waals surface area (Å²) in [4.78, 5) is 6.89. The average molecular weight is 474 g/mol. The summed E-state index contributed by atoms with van der Waals surface area (Å²) < 4.78 is 5.33. The van der Waals surface area contributed by atoms with Crippen molar-refractivity contribution in [2.45, 2.75) is 39.7 Å². The number of methoxy groups -OCH3 is 1. The zero-order chi connectivity index (χ0) is 18.1. The van der Waals surface area contributed by atoms with Gasteiger partial charge in [0, 0.05) is 20.1 Å². The number of hydrogen-bond donors (Lipinski definition) is 2. The fraction of sp³-hybridized carbons (Fsp3) is 0.650. The Hall–Kier alpha value is -1.02. The highest BCUT2D eigenvalue weighted by Gasteiger charge is 2.14. The van der Waals surface area contributed by atoms with E-state index < -0.39 is 0 Å². The molecule has 1 aromatic rings. The third-order valence-electron chi connectivity index (χ3n) is 4.85. The minimum Gasteiger partial charge on any atom is -0.497 e. The molecule has 0 unspecified atom stereocenters. The van der Waals surface area contributed by atoms with Gasteiger partial charge in [-0.25, -0.2) is 0 Å². The fourth-order valence-electron chi connectivity index (χ4n) is 3.25. The molecule has 0 amide bonds. The third kappa shape index (κ3) is 8.12. The lowest BCUT2D eigenvalue weighted by Gasteiger charge is -2.30. The van der Waals surface area contributed by atoms with Crippen LogP contribution in [0, 0.1) is 12.8 Å². The molecule has 148 valence electrons. The molecule has 0 aromatic heterocycles. The molecular formula is C20H35IN4O. The molecule has 1 aromatic carbocycles. The van der Waals surface area contributed by atoms with Crippen LogP contribution in [0.15, 0.2) is 23.2 Å². The second-order valence-corrected chi connectivity index (χ2v) is 7.09. The molecule has 1 heterocycles. The lowest BCUT2D eigenvalue weighted by molar-refractivity contribution is 0.191. The van der Waals surface area contributed by atoms with Gasteiger partial charge < -0.3 is 20.3 Å². The molecule has 0 aliphatic carbocycles. The lowest BCUT2D eigenvalue weighted by atomic mass is 9.99. The van der Waals surface area contributed by atoms with Gasteiger partial charge >= 0.3 is 0 Å². The quantitative estimate of drug-likeness (QED) is 0.275. The Morgan fingerprint density at radius 3 is 2.62 bits per heavy atom. The number of rotatable bonds is 7. The van der Waals surface area contributed by atoms with E-state index in [1.54, 1.807) is 7.11 Å². The summed E-state index contributed by atoms with van der Waals surface area (Å²) in [5, 5.41) is 6.79. The standard InChI is InChI=1S/C20H34N4O.HI/c1-16-6-10-24(11-7-16)9-5-8-22-20(21-3)23-15-18-12-17(2)13-19(14-18)25-4;/h12-14,16H,5-11,15H2,1-4H3,(H2,21,22,23);1H. The van der Waals surface area contributed by atoms with Crippen LogP contribution in [-0.4, -0.2) is 51.2 Å². The minimum atomic E-state index is 0. The zero-order valence-electron chi connectivity index (χ0n) is 16.7. The van der Waals surface area contributed by atoms with Gasteiger partial charge in [-0.2, -0.15) is 0 Å². The van der Waals surface area contributed by atoms with E-state index in [2.05, 4.69) is 46.5 Å². The van der Waals surface area contributed by atoms with Crippen molar-refractivity contribution in [1.82, 2.24) is 15.5 Å². The van der Waals surface area contributed by atoms with Gasteiger partial charge in [-0.3, -0.25) is 4.99 Å². The molecule has 0 spiro atoms. The summed E-state index contributed by atoms with van der Waals surface area (Å²) in [5.41, 5.74) is 2.40. The molecular weight excluding hydrogens is 439 g/mol. The SMILES string of the molecule is CN=C(NCCCN1CCC(C)CC1)NCc1cc(C)cc(OC)c1.I. The fourth-order valence-corrected chi connectivity index (χ4v) is 3.25. The van der Waals surface area contributed by atoms with E-state index in [4.69, 9.17) is 4.74 Å². The number of nitrogens with zero attached hydrogens (tertiary/aromatic N) is 2. The summed E-state index contributed by atoms with van der Waals surface area (Å²) in [6.07, 6.45) is 3.83. The predicted octanol–water partition coefficient (Wildman–Crippen LogP) is 3.41. The number of likely N-dealkylation sites (tertiary alicyclic amines) is 1. The maximum Gasteiger partial charge on any atom is 0.191 e. The molecule has 0 radical (unpaired) electrons. The van der Waals surface area contributed by atoms with Crippen LogP contribution in [0.25, 0.3) is 0 Å². The Morgan fingerprint density at radius 2 is 1.96 bits per heavy atom. The first-order chi connectivity index (χ1) is 12.1. The predicted molar refractivity (Wildman–Crippen MR) is 121 cm³/mol. The number of aliphatic imine (C=N–C) groups is 1. The van der Waals surface area contributed by atoms with E-state index in [1.807, 2.05) is 13.1 Å². The maximum atomic E-state index is 5.33. The van der Waals surface area contributed by atoms with Crippen molar-refractivity contribution >= 4 is 29.9 Å². The van der Waals surface area contributed by atoms with Gasteiger partial charge in [0.2, 0.25) is 0 Å². The van der Waals surface area contributed by atoms with Crippen molar-refractivity contribution in [1.29, 1.82) is 0 Å². The van der Waals surface area contributed by atoms with E-state index in [1.165, 1.54) is 43.6 Å². The van der Waals surface area contributed by atoms with Crippen molar-refractivity contribution in [3.8, 4) is 5.75 Å². The Bertz CT molecular complexity index is 557. The number of nitrogens with one attached hydrogen (secondary N) is 2. The lowest BCUT2D eigenvalue weighted by Crippen LogP contribution is -2.39. The summed E-state index contributed by atoms with van der Waals surface area (Å²) >= 11 is 0. The maximum absolute atomic E-state index is 5.33. The molecule has 26 heavy (non-hydrogen) atoms. The number of hydrogen-bond acceptors (Lipinski definition) is 3. The van der Waals surface area contributed by atoms with Crippen LogP contribution >= 0.6 is 24.0 Å². The molecule has 2 rings (SSSR count). The summed E-state index contributed by atoms with van der Waals surface area (Å²) in [5.74, 6) is 2.65. The summed E-state index contributed by atoms with van der Waals surface area (Å²) in [7, 11) is 3.52. The topological polar surface area (TPSA) is 48.9 Å². The molecule has 0 saturated carbocycles. The highest BCUT2D eigenvalue weighted by Crippen LogP contribution is 2.16. The molecule has 2 N–H and O–H groups in total. The first-order valence-electron chi connectivity index (χ1n) is 9.42. The number of benzene rings is 1. The number of guanidine groups is 1. The Balaban J connectivity index is 0.00000338. The highest BCUT2D eigenvalue weighted by molar-refractivity contribution is 14.0. The number of ether oxygens (including phenoxy) is 1. The van der Waals surface area contributed by atoms with Crippen molar-refractivity contribution < 1.29 is 4.74 Å². The van der Waals surface area contributed by atoms with E-state index in [9.17, 15) is 0 Å².